The second-order valence-electron chi connectivity index (χ2n) is 3.98. The van der Waals surface area contributed by atoms with E-state index in [0.29, 0.717) is 6.42 Å². The number of hydrogen-bond donors (Lipinski definition) is 2. The lowest BCUT2D eigenvalue weighted by molar-refractivity contribution is -0.137. The van der Waals surface area contributed by atoms with Gasteiger partial charge in [0.25, 0.3) is 0 Å². The predicted molar refractivity (Wildman–Crippen MR) is 64.9 cm³/mol. The van der Waals surface area contributed by atoms with Crippen LogP contribution in [0.5, 0.6) is 0 Å². The first-order valence-electron chi connectivity index (χ1n) is 5.60. The van der Waals surface area contributed by atoms with Crippen molar-refractivity contribution in [2.75, 3.05) is 6.54 Å². The summed E-state index contributed by atoms with van der Waals surface area (Å²) in [4.78, 5) is -0.215. The fourth-order valence-corrected chi connectivity index (χ4v) is 2.74. The van der Waals surface area contributed by atoms with E-state index in [9.17, 15) is 21.6 Å². The van der Waals surface area contributed by atoms with Gasteiger partial charge < -0.3 is 5.73 Å². The van der Waals surface area contributed by atoms with Crippen molar-refractivity contribution < 1.29 is 21.6 Å². The molecule has 0 saturated heterocycles. The van der Waals surface area contributed by atoms with Crippen molar-refractivity contribution in [1.82, 2.24) is 4.72 Å². The molecule has 3 N–H and O–H groups in total. The first-order valence-corrected chi connectivity index (χ1v) is 7.08. The Kier molecular flexibility index (Phi) is 4.94. The summed E-state index contributed by atoms with van der Waals surface area (Å²) < 4.78 is 63.1. The number of halogens is 3. The fourth-order valence-electron chi connectivity index (χ4n) is 1.41. The standard InChI is InChI=1S/C11H15F3N2O2S/c1-2-9(7-15)16-19(17,18)10-5-3-8(4-6-10)11(12,13)14/h3-6,9,16H,2,7,15H2,1H3. The van der Waals surface area contributed by atoms with Gasteiger partial charge in [-0.25, -0.2) is 13.1 Å². The quantitative estimate of drug-likeness (QED) is 0.869. The summed E-state index contributed by atoms with van der Waals surface area (Å²) in [5, 5.41) is 0. The number of sulfonamides is 1. The molecule has 0 amide bonds. The average molecular weight is 296 g/mol. The predicted octanol–water partition coefficient (Wildman–Crippen LogP) is 1.72. The van der Waals surface area contributed by atoms with Gasteiger partial charge in [0.05, 0.1) is 10.5 Å². The van der Waals surface area contributed by atoms with Crippen LogP contribution in [0.15, 0.2) is 29.2 Å². The molecule has 0 heterocycles. The maximum absolute atomic E-state index is 12.4. The summed E-state index contributed by atoms with van der Waals surface area (Å²) in [6, 6.07) is 2.88. The summed E-state index contributed by atoms with van der Waals surface area (Å²) in [5.41, 5.74) is 4.48. The van der Waals surface area contributed by atoms with E-state index >= 15 is 0 Å². The lowest BCUT2D eigenvalue weighted by Gasteiger charge is -2.15. The van der Waals surface area contributed by atoms with Gasteiger partial charge in [0, 0.05) is 12.6 Å². The van der Waals surface area contributed by atoms with E-state index in [-0.39, 0.29) is 11.4 Å². The van der Waals surface area contributed by atoms with Gasteiger partial charge in [0.2, 0.25) is 10.0 Å². The topological polar surface area (TPSA) is 72.2 Å². The SMILES string of the molecule is CCC(CN)NS(=O)(=O)c1ccc(C(F)(F)F)cc1. The first-order chi connectivity index (χ1) is 8.70. The van der Waals surface area contributed by atoms with Gasteiger partial charge in [-0.1, -0.05) is 6.92 Å². The van der Waals surface area contributed by atoms with Gasteiger partial charge >= 0.3 is 6.18 Å². The molecule has 108 valence electrons. The Bertz CT molecular complexity index is 508. The zero-order chi connectivity index (χ0) is 14.7. The van der Waals surface area contributed by atoms with E-state index in [4.69, 9.17) is 5.73 Å². The summed E-state index contributed by atoms with van der Waals surface area (Å²) in [5.74, 6) is 0. The zero-order valence-corrected chi connectivity index (χ0v) is 11.1. The molecule has 0 spiro atoms. The Morgan fingerprint density at radius 3 is 2.16 bits per heavy atom. The Morgan fingerprint density at radius 1 is 1.26 bits per heavy atom. The number of rotatable bonds is 5. The third kappa shape index (κ3) is 4.19. The lowest BCUT2D eigenvalue weighted by Crippen LogP contribution is -2.39. The van der Waals surface area contributed by atoms with E-state index in [0.717, 1.165) is 24.3 Å². The van der Waals surface area contributed by atoms with Crippen molar-refractivity contribution in [3.63, 3.8) is 0 Å². The fraction of sp³-hybridized carbons (Fsp3) is 0.455. The average Bonchev–Trinajstić information content (AvgIpc) is 2.35. The molecule has 0 radical (unpaired) electrons. The molecule has 0 aliphatic rings. The molecule has 19 heavy (non-hydrogen) atoms. The highest BCUT2D eigenvalue weighted by atomic mass is 32.2. The smallest absolute Gasteiger partial charge is 0.329 e. The molecular formula is C11H15F3N2O2S. The number of benzene rings is 1. The van der Waals surface area contributed by atoms with Crippen LogP contribution < -0.4 is 10.5 Å². The molecule has 0 fully saturated rings. The monoisotopic (exact) mass is 296 g/mol. The van der Waals surface area contributed by atoms with Crippen LogP contribution in [0, 0.1) is 0 Å². The Labute approximate surface area is 109 Å². The van der Waals surface area contributed by atoms with Gasteiger partial charge in [-0.15, -0.1) is 0 Å². The normalized spacial score (nSPS) is 14.4. The summed E-state index contributed by atoms with van der Waals surface area (Å²) in [6.07, 6.45) is -3.99. The number of hydrogen-bond acceptors (Lipinski definition) is 3. The van der Waals surface area contributed by atoms with E-state index in [1.54, 1.807) is 6.92 Å². The molecule has 0 aromatic heterocycles. The van der Waals surface area contributed by atoms with E-state index in [2.05, 4.69) is 4.72 Å². The second-order valence-corrected chi connectivity index (χ2v) is 5.70. The van der Waals surface area contributed by atoms with Crippen LogP contribution in [-0.2, 0) is 16.2 Å². The van der Waals surface area contributed by atoms with Gasteiger partial charge in [-0.3, -0.25) is 0 Å². The molecule has 1 rings (SSSR count). The van der Waals surface area contributed by atoms with Crippen LogP contribution >= 0.6 is 0 Å². The highest BCUT2D eigenvalue weighted by Gasteiger charge is 2.30. The molecule has 1 unspecified atom stereocenters. The van der Waals surface area contributed by atoms with Crippen molar-refractivity contribution in [1.29, 1.82) is 0 Å². The molecule has 4 nitrogen and oxygen atoms in total. The van der Waals surface area contributed by atoms with Crippen molar-refractivity contribution in [3.05, 3.63) is 29.8 Å². The molecule has 0 saturated carbocycles. The van der Waals surface area contributed by atoms with Crippen molar-refractivity contribution in [2.24, 2.45) is 5.73 Å². The first kappa shape index (κ1) is 15.9. The van der Waals surface area contributed by atoms with Gasteiger partial charge in [-0.2, -0.15) is 13.2 Å². The van der Waals surface area contributed by atoms with Gasteiger partial charge in [0.15, 0.2) is 0 Å². The summed E-state index contributed by atoms with van der Waals surface area (Å²) >= 11 is 0. The third-order valence-corrected chi connectivity index (χ3v) is 4.13. The molecule has 1 aromatic rings. The number of nitrogens with one attached hydrogen (secondary N) is 1. The van der Waals surface area contributed by atoms with E-state index < -0.39 is 27.8 Å². The van der Waals surface area contributed by atoms with Crippen LogP contribution in [0.2, 0.25) is 0 Å². The second kappa shape index (κ2) is 5.89. The van der Waals surface area contributed by atoms with E-state index in [1.807, 2.05) is 0 Å². The highest BCUT2D eigenvalue weighted by Crippen LogP contribution is 2.29. The minimum absolute atomic E-state index is 0.121. The van der Waals surface area contributed by atoms with Crippen molar-refractivity contribution in [2.45, 2.75) is 30.5 Å². The molecule has 0 aliphatic carbocycles. The molecule has 0 aliphatic heterocycles. The molecular weight excluding hydrogens is 281 g/mol. The van der Waals surface area contributed by atoms with Crippen LogP contribution in [0.25, 0.3) is 0 Å². The summed E-state index contributed by atoms with van der Waals surface area (Å²) in [6.45, 7) is 1.88. The third-order valence-electron chi connectivity index (χ3n) is 2.59. The van der Waals surface area contributed by atoms with Crippen molar-refractivity contribution in [3.8, 4) is 0 Å². The largest absolute Gasteiger partial charge is 0.416 e. The minimum atomic E-state index is -4.49. The Morgan fingerprint density at radius 2 is 1.79 bits per heavy atom. The number of alkyl halides is 3. The minimum Gasteiger partial charge on any atom is -0.329 e. The highest BCUT2D eigenvalue weighted by molar-refractivity contribution is 7.89. The Balaban J connectivity index is 2.97. The Hall–Kier alpha value is -1.12. The maximum atomic E-state index is 12.4. The van der Waals surface area contributed by atoms with Gasteiger partial charge in [0.1, 0.15) is 0 Å². The molecule has 1 aromatic carbocycles. The van der Waals surface area contributed by atoms with Crippen LogP contribution in [-0.4, -0.2) is 21.0 Å². The molecule has 8 heteroatoms. The van der Waals surface area contributed by atoms with Crippen LogP contribution in [0.3, 0.4) is 0 Å². The van der Waals surface area contributed by atoms with Crippen molar-refractivity contribution >= 4 is 10.0 Å². The lowest BCUT2D eigenvalue weighted by atomic mass is 10.2. The molecule has 1 atom stereocenters. The number of nitrogens with two attached hydrogens (primary N) is 1. The zero-order valence-electron chi connectivity index (χ0n) is 10.2. The van der Waals surface area contributed by atoms with Crippen LogP contribution in [0.4, 0.5) is 13.2 Å². The van der Waals surface area contributed by atoms with E-state index in [1.165, 1.54) is 0 Å². The molecule has 0 bridgehead atoms. The maximum Gasteiger partial charge on any atom is 0.416 e. The summed E-state index contributed by atoms with van der Waals surface area (Å²) in [7, 11) is -3.84. The van der Waals surface area contributed by atoms with Crippen LogP contribution in [0.1, 0.15) is 18.9 Å². The van der Waals surface area contributed by atoms with Gasteiger partial charge in [-0.05, 0) is 30.7 Å².